The van der Waals surface area contributed by atoms with E-state index < -0.39 is 0 Å². The second-order valence-electron chi connectivity index (χ2n) is 5.87. The van der Waals surface area contributed by atoms with Gasteiger partial charge in [-0.25, -0.2) is 9.97 Å². The smallest absolute Gasteiger partial charge is 0.274 e. The van der Waals surface area contributed by atoms with Crippen LogP contribution in [0.5, 0.6) is 5.75 Å². The normalized spacial score (nSPS) is 16.8. The van der Waals surface area contributed by atoms with E-state index in [1.54, 1.807) is 13.0 Å². The van der Waals surface area contributed by atoms with Gasteiger partial charge in [0.1, 0.15) is 23.9 Å². The van der Waals surface area contributed by atoms with E-state index in [-0.39, 0.29) is 12.0 Å². The standard InChI is InChI=1S/C18H21N3O3/c1-12-10-17(20-13(2)19-12)18(22)21-14-5-7-15(8-6-14)24-11-16-4-3-9-23-16/h5-8,10,16H,3-4,9,11H2,1-2H3,(H,21,22). The Labute approximate surface area is 141 Å². The number of aromatic nitrogens is 2. The number of rotatable bonds is 5. The van der Waals surface area contributed by atoms with Crippen molar-refractivity contribution in [2.75, 3.05) is 18.5 Å². The number of amides is 1. The Balaban J connectivity index is 1.57. The first-order valence-electron chi connectivity index (χ1n) is 8.08. The Morgan fingerprint density at radius 2 is 2.08 bits per heavy atom. The van der Waals surface area contributed by atoms with Crippen molar-refractivity contribution in [3.8, 4) is 5.75 Å². The van der Waals surface area contributed by atoms with Gasteiger partial charge in [-0.3, -0.25) is 4.79 Å². The topological polar surface area (TPSA) is 73.3 Å². The van der Waals surface area contributed by atoms with E-state index in [1.807, 2.05) is 31.2 Å². The lowest BCUT2D eigenvalue weighted by Gasteiger charge is -2.12. The summed E-state index contributed by atoms with van der Waals surface area (Å²) < 4.78 is 11.2. The second kappa shape index (κ2) is 7.40. The third-order valence-corrected chi connectivity index (χ3v) is 3.77. The van der Waals surface area contributed by atoms with Crippen molar-refractivity contribution in [1.29, 1.82) is 0 Å². The van der Waals surface area contributed by atoms with Crippen LogP contribution in [0.4, 0.5) is 5.69 Å². The molecule has 0 radical (unpaired) electrons. The van der Waals surface area contributed by atoms with Gasteiger partial charge in [-0.2, -0.15) is 0 Å². The van der Waals surface area contributed by atoms with Crippen molar-refractivity contribution < 1.29 is 14.3 Å². The van der Waals surface area contributed by atoms with Crippen molar-refractivity contribution in [3.05, 3.63) is 47.5 Å². The lowest BCUT2D eigenvalue weighted by molar-refractivity contribution is 0.0679. The quantitative estimate of drug-likeness (QED) is 0.914. The molecule has 1 unspecified atom stereocenters. The van der Waals surface area contributed by atoms with Gasteiger partial charge in [0.05, 0.1) is 6.10 Å². The first kappa shape index (κ1) is 16.4. The molecule has 1 saturated heterocycles. The molecule has 0 aliphatic carbocycles. The zero-order valence-corrected chi connectivity index (χ0v) is 13.9. The van der Waals surface area contributed by atoms with Crippen LogP contribution in [0.15, 0.2) is 30.3 Å². The fraction of sp³-hybridized carbons (Fsp3) is 0.389. The van der Waals surface area contributed by atoms with Crippen molar-refractivity contribution in [3.63, 3.8) is 0 Å². The van der Waals surface area contributed by atoms with Crippen molar-refractivity contribution in [2.24, 2.45) is 0 Å². The molecule has 1 N–H and O–H groups in total. The molecule has 0 saturated carbocycles. The Hall–Kier alpha value is -2.47. The Bertz CT molecular complexity index is 690. The van der Waals surface area contributed by atoms with Gasteiger partial charge in [0, 0.05) is 18.0 Å². The molecular weight excluding hydrogens is 306 g/mol. The molecular formula is C18H21N3O3. The van der Waals surface area contributed by atoms with Crippen LogP contribution < -0.4 is 10.1 Å². The number of nitrogens with one attached hydrogen (secondary N) is 1. The van der Waals surface area contributed by atoms with Gasteiger partial charge in [-0.15, -0.1) is 0 Å². The lowest BCUT2D eigenvalue weighted by Crippen LogP contribution is -2.16. The highest BCUT2D eigenvalue weighted by atomic mass is 16.5. The van der Waals surface area contributed by atoms with Crippen LogP contribution in [0.25, 0.3) is 0 Å². The number of nitrogens with zero attached hydrogens (tertiary/aromatic N) is 2. The van der Waals surface area contributed by atoms with Gasteiger partial charge in [0.25, 0.3) is 5.91 Å². The largest absolute Gasteiger partial charge is 0.491 e. The number of carbonyl (C=O) groups is 1. The van der Waals surface area contributed by atoms with Gasteiger partial charge in [0.15, 0.2) is 0 Å². The average molecular weight is 327 g/mol. The minimum Gasteiger partial charge on any atom is -0.491 e. The predicted molar refractivity (Wildman–Crippen MR) is 90.4 cm³/mol. The molecule has 6 nitrogen and oxygen atoms in total. The zero-order chi connectivity index (χ0) is 16.9. The molecule has 1 aromatic carbocycles. The van der Waals surface area contributed by atoms with Gasteiger partial charge >= 0.3 is 0 Å². The second-order valence-corrected chi connectivity index (χ2v) is 5.87. The molecule has 1 aliphatic rings. The molecule has 0 spiro atoms. The molecule has 24 heavy (non-hydrogen) atoms. The van der Waals surface area contributed by atoms with Gasteiger partial charge < -0.3 is 14.8 Å². The van der Waals surface area contributed by atoms with Crippen molar-refractivity contribution >= 4 is 11.6 Å². The summed E-state index contributed by atoms with van der Waals surface area (Å²) in [5.74, 6) is 1.09. The maximum Gasteiger partial charge on any atom is 0.274 e. The van der Waals surface area contributed by atoms with Crippen molar-refractivity contribution in [1.82, 2.24) is 9.97 Å². The number of hydrogen-bond acceptors (Lipinski definition) is 5. The summed E-state index contributed by atoms with van der Waals surface area (Å²) in [5, 5.41) is 2.83. The van der Waals surface area contributed by atoms with Crippen LogP contribution in [-0.2, 0) is 4.74 Å². The van der Waals surface area contributed by atoms with Crippen LogP contribution in [-0.4, -0.2) is 35.2 Å². The average Bonchev–Trinajstić information content (AvgIpc) is 3.07. The van der Waals surface area contributed by atoms with Gasteiger partial charge in [-0.05, 0) is 57.0 Å². The summed E-state index contributed by atoms with van der Waals surface area (Å²) in [6, 6.07) is 8.96. The number of hydrogen-bond donors (Lipinski definition) is 1. The third-order valence-electron chi connectivity index (χ3n) is 3.77. The Kier molecular flexibility index (Phi) is 5.05. The molecule has 6 heteroatoms. The van der Waals surface area contributed by atoms with E-state index in [0.717, 1.165) is 30.9 Å². The summed E-state index contributed by atoms with van der Waals surface area (Å²) in [6.45, 7) is 4.99. The van der Waals surface area contributed by atoms with Crippen LogP contribution in [0.1, 0.15) is 34.8 Å². The Morgan fingerprint density at radius 1 is 1.29 bits per heavy atom. The molecule has 1 aromatic heterocycles. The predicted octanol–water partition coefficient (Wildman–Crippen LogP) is 2.90. The molecule has 0 bridgehead atoms. The van der Waals surface area contributed by atoms with Gasteiger partial charge in [-0.1, -0.05) is 0 Å². The lowest BCUT2D eigenvalue weighted by atomic mass is 10.2. The SMILES string of the molecule is Cc1cc(C(=O)Nc2ccc(OCC3CCCO3)cc2)nc(C)n1. The van der Waals surface area contributed by atoms with Crippen LogP contribution in [0.2, 0.25) is 0 Å². The number of benzene rings is 1. The molecule has 2 heterocycles. The summed E-state index contributed by atoms with van der Waals surface area (Å²) in [4.78, 5) is 20.6. The summed E-state index contributed by atoms with van der Waals surface area (Å²) in [5.41, 5.74) is 1.82. The molecule has 2 aromatic rings. The Morgan fingerprint density at radius 3 is 2.75 bits per heavy atom. The highest BCUT2D eigenvalue weighted by Gasteiger charge is 2.16. The van der Waals surface area contributed by atoms with Crippen LogP contribution in [0, 0.1) is 13.8 Å². The molecule has 126 valence electrons. The summed E-state index contributed by atoms with van der Waals surface area (Å²) >= 11 is 0. The minimum atomic E-state index is -0.253. The minimum absolute atomic E-state index is 0.189. The number of anilines is 1. The van der Waals surface area contributed by atoms with E-state index >= 15 is 0 Å². The first-order valence-corrected chi connectivity index (χ1v) is 8.08. The van der Waals surface area contributed by atoms with E-state index in [2.05, 4.69) is 15.3 Å². The highest BCUT2D eigenvalue weighted by molar-refractivity contribution is 6.02. The number of carbonyl (C=O) groups excluding carboxylic acids is 1. The fourth-order valence-electron chi connectivity index (χ4n) is 2.63. The summed E-state index contributed by atoms with van der Waals surface area (Å²) in [6.07, 6.45) is 2.33. The van der Waals surface area contributed by atoms with Gasteiger partial charge in [0.2, 0.25) is 0 Å². The van der Waals surface area contributed by atoms with Crippen molar-refractivity contribution in [2.45, 2.75) is 32.8 Å². The van der Waals surface area contributed by atoms with E-state index in [0.29, 0.717) is 23.8 Å². The maximum atomic E-state index is 12.3. The number of ether oxygens (including phenoxy) is 2. The number of aryl methyl sites for hydroxylation is 2. The van der Waals surface area contributed by atoms with E-state index in [9.17, 15) is 4.79 Å². The van der Waals surface area contributed by atoms with E-state index in [1.165, 1.54) is 0 Å². The van der Waals surface area contributed by atoms with Crippen LogP contribution in [0.3, 0.4) is 0 Å². The van der Waals surface area contributed by atoms with Crippen LogP contribution >= 0.6 is 0 Å². The monoisotopic (exact) mass is 327 g/mol. The maximum absolute atomic E-state index is 12.3. The molecule has 3 rings (SSSR count). The fourth-order valence-corrected chi connectivity index (χ4v) is 2.63. The molecule has 1 fully saturated rings. The molecule has 1 aliphatic heterocycles. The molecule has 1 amide bonds. The highest BCUT2D eigenvalue weighted by Crippen LogP contribution is 2.19. The molecule has 1 atom stereocenters. The zero-order valence-electron chi connectivity index (χ0n) is 13.9. The van der Waals surface area contributed by atoms with E-state index in [4.69, 9.17) is 9.47 Å². The first-order chi connectivity index (χ1) is 11.6. The summed E-state index contributed by atoms with van der Waals surface area (Å²) in [7, 11) is 0. The third kappa shape index (κ3) is 4.29.